The Hall–Kier alpha value is -0.830. The fourth-order valence-electron chi connectivity index (χ4n) is 2.80. The van der Waals surface area contributed by atoms with Crippen LogP contribution in [0.25, 0.3) is 0 Å². The van der Waals surface area contributed by atoms with Crippen LogP contribution >= 0.6 is 35.3 Å². The highest BCUT2D eigenvalue weighted by molar-refractivity contribution is 14.0. The number of nitrogens with one attached hydrogen (secondary N) is 1. The van der Waals surface area contributed by atoms with E-state index in [1.807, 2.05) is 0 Å². The lowest BCUT2D eigenvalue weighted by Gasteiger charge is -2.33. The lowest BCUT2D eigenvalue weighted by Crippen LogP contribution is -2.46. The monoisotopic (exact) mass is 465 g/mol. The number of guanidine groups is 1. The van der Waals surface area contributed by atoms with Crippen LogP contribution in [0, 0.1) is 5.92 Å². The quantitative estimate of drug-likeness (QED) is 0.314. The Morgan fingerprint density at radius 1 is 1.50 bits per heavy atom. The molecule has 7 heteroatoms. The Labute approximate surface area is 165 Å². The summed E-state index contributed by atoms with van der Waals surface area (Å²) < 4.78 is 4.85. The summed E-state index contributed by atoms with van der Waals surface area (Å²) in [5.74, 6) is 1.33. The van der Waals surface area contributed by atoms with Crippen molar-refractivity contribution in [3.05, 3.63) is 22.4 Å². The number of methoxy groups -OCH3 is 1. The Morgan fingerprint density at radius 2 is 2.21 bits per heavy atom. The molecule has 1 saturated heterocycles. The molecule has 0 saturated carbocycles. The van der Waals surface area contributed by atoms with Gasteiger partial charge in [0.05, 0.1) is 19.6 Å². The molecule has 0 spiro atoms. The smallest absolute Gasteiger partial charge is 0.308 e. The van der Waals surface area contributed by atoms with Gasteiger partial charge < -0.3 is 15.0 Å². The van der Waals surface area contributed by atoms with Gasteiger partial charge in [-0.05, 0) is 31.2 Å². The third-order valence-electron chi connectivity index (χ3n) is 4.21. The fraction of sp³-hybridized carbons (Fsp3) is 0.647. The Morgan fingerprint density at radius 3 is 2.75 bits per heavy atom. The molecule has 0 aromatic carbocycles. The van der Waals surface area contributed by atoms with Gasteiger partial charge in [-0.1, -0.05) is 13.0 Å². The molecular weight excluding hydrogens is 437 g/mol. The second-order valence-corrected chi connectivity index (χ2v) is 6.87. The first-order chi connectivity index (χ1) is 11.2. The maximum absolute atomic E-state index is 11.6. The first kappa shape index (κ1) is 21.2. The molecule has 1 aromatic rings. The summed E-state index contributed by atoms with van der Waals surface area (Å²) in [4.78, 5) is 20.1. The van der Waals surface area contributed by atoms with Gasteiger partial charge in [-0.3, -0.25) is 9.79 Å². The summed E-state index contributed by atoms with van der Waals surface area (Å²) in [5.41, 5.74) is 0. The van der Waals surface area contributed by atoms with E-state index in [4.69, 9.17) is 9.73 Å². The van der Waals surface area contributed by atoms with Crippen molar-refractivity contribution in [3.8, 4) is 0 Å². The van der Waals surface area contributed by atoms with E-state index in [2.05, 4.69) is 41.6 Å². The number of hydrogen-bond acceptors (Lipinski definition) is 4. The molecule has 1 aliphatic heterocycles. The molecule has 1 aromatic heterocycles. The number of halogens is 1. The Bertz CT molecular complexity index is 514. The maximum atomic E-state index is 11.6. The van der Waals surface area contributed by atoms with Crippen LogP contribution in [0.3, 0.4) is 0 Å². The number of aliphatic imine (C=N–C) groups is 1. The second-order valence-electron chi connectivity index (χ2n) is 5.90. The molecular formula is C17H28IN3O2S. The highest BCUT2D eigenvalue weighted by Gasteiger charge is 2.27. The van der Waals surface area contributed by atoms with E-state index in [1.165, 1.54) is 12.0 Å². The zero-order chi connectivity index (χ0) is 16.7. The van der Waals surface area contributed by atoms with Gasteiger partial charge in [-0.2, -0.15) is 0 Å². The van der Waals surface area contributed by atoms with E-state index in [0.29, 0.717) is 5.92 Å². The molecule has 0 amide bonds. The maximum Gasteiger partial charge on any atom is 0.308 e. The molecule has 1 unspecified atom stereocenters. The van der Waals surface area contributed by atoms with Crippen LogP contribution in [-0.4, -0.2) is 50.1 Å². The molecule has 0 aliphatic carbocycles. The van der Waals surface area contributed by atoms with Crippen LogP contribution in [0.15, 0.2) is 22.5 Å². The van der Waals surface area contributed by atoms with Crippen molar-refractivity contribution < 1.29 is 9.53 Å². The van der Waals surface area contributed by atoms with Crippen molar-refractivity contribution in [1.82, 2.24) is 10.2 Å². The lowest BCUT2D eigenvalue weighted by atomic mass is 9.97. The van der Waals surface area contributed by atoms with Gasteiger partial charge in [-0.25, -0.2) is 0 Å². The minimum Gasteiger partial charge on any atom is -0.469 e. The Kier molecular flexibility index (Phi) is 9.65. The van der Waals surface area contributed by atoms with Crippen LogP contribution < -0.4 is 5.32 Å². The summed E-state index contributed by atoms with van der Waals surface area (Å²) in [6, 6.07) is 4.25. The third-order valence-corrected chi connectivity index (χ3v) is 5.31. The summed E-state index contributed by atoms with van der Waals surface area (Å²) in [5, 5.41) is 5.48. The van der Waals surface area contributed by atoms with Crippen LogP contribution in [0.1, 0.15) is 37.5 Å². The number of likely N-dealkylation sites (tertiary alicyclic amines) is 1. The predicted molar refractivity (Wildman–Crippen MR) is 110 cm³/mol. The number of esters is 1. The highest BCUT2D eigenvalue weighted by Crippen LogP contribution is 2.22. The highest BCUT2D eigenvalue weighted by atomic mass is 127. The minimum absolute atomic E-state index is 0. The van der Waals surface area contributed by atoms with Crippen molar-refractivity contribution in [1.29, 1.82) is 0 Å². The number of piperidine rings is 1. The SMILES string of the molecule is CCNC(=NCC(C)c1cccs1)N1CCC(C(=O)OC)CC1.I. The van der Waals surface area contributed by atoms with Gasteiger partial charge in [0.15, 0.2) is 5.96 Å². The number of ether oxygens (including phenoxy) is 1. The van der Waals surface area contributed by atoms with Gasteiger partial charge in [0, 0.05) is 30.4 Å². The van der Waals surface area contributed by atoms with Gasteiger partial charge >= 0.3 is 5.97 Å². The van der Waals surface area contributed by atoms with Crippen LogP contribution in [0.5, 0.6) is 0 Å². The molecule has 2 heterocycles. The van der Waals surface area contributed by atoms with Gasteiger partial charge in [0.25, 0.3) is 0 Å². The molecule has 5 nitrogen and oxygen atoms in total. The number of carbonyl (C=O) groups is 1. The van der Waals surface area contributed by atoms with Crippen molar-refractivity contribution in [2.75, 3.05) is 33.3 Å². The fourth-order valence-corrected chi connectivity index (χ4v) is 3.58. The molecule has 0 radical (unpaired) electrons. The number of hydrogen-bond donors (Lipinski definition) is 1. The van der Waals surface area contributed by atoms with Crippen molar-refractivity contribution in [2.45, 2.75) is 32.6 Å². The predicted octanol–water partition coefficient (Wildman–Crippen LogP) is 3.32. The van der Waals surface area contributed by atoms with Gasteiger partial charge in [-0.15, -0.1) is 35.3 Å². The van der Waals surface area contributed by atoms with E-state index in [9.17, 15) is 4.79 Å². The first-order valence-corrected chi connectivity index (χ1v) is 9.18. The molecule has 1 aliphatic rings. The average molecular weight is 465 g/mol. The summed E-state index contributed by atoms with van der Waals surface area (Å²) in [7, 11) is 1.46. The zero-order valence-electron chi connectivity index (χ0n) is 14.7. The van der Waals surface area contributed by atoms with Gasteiger partial charge in [0.1, 0.15) is 0 Å². The van der Waals surface area contributed by atoms with E-state index in [0.717, 1.165) is 45.0 Å². The van der Waals surface area contributed by atoms with Crippen LogP contribution in [0.2, 0.25) is 0 Å². The normalized spacial score (nSPS) is 17.1. The zero-order valence-corrected chi connectivity index (χ0v) is 17.8. The lowest BCUT2D eigenvalue weighted by molar-refractivity contribution is -0.146. The molecule has 24 heavy (non-hydrogen) atoms. The molecule has 136 valence electrons. The number of thiophene rings is 1. The summed E-state index contributed by atoms with van der Waals surface area (Å²) >= 11 is 1.78. The van der Waals surface area contributed by atoms with E-state index >= 15 is 0 Å². The molecule has 1 N–H and O–H groups in total. The average Bonchev–Trinajstić information content (AvgIpc) is 3.12. The van der Waals surface area contributed by atoms with Crippen LogP contribution in [0.4, 0.5) is 0 Å². The molecule has 1 fully saturated rings. The first-order valence-electron chi connectivity index (χ1n) is 8.30. The summed E-state index contributed by atoms with van der Waals surface area (Å²) in [6.45, 7) is 7.61. The van der Waals surface area contributed by atoms with E-state index in [1.54, 1.807) is 11.3 Å². The number of carbonyl (C=O) groups excluding carboxylic acids is 1. The second kappa shape index (κ2) is 10.9. The molecule has 0 bridgehead atoms. The minimum atomic E-state index is -0.0853. The summed E-state index contributed by atoms with van der Waals surface area (Å²) in [6.07, 6.45) is 1.66. The van der Waals surface area contributed by atoms with E-state index < -0.39 is 0 Å². The topological polar surface area (TPSA) is 53.9 Å². The van der Waals surface area contributed by atoms with Crippen molar-refractivity contribution in [2.24, 2.45) is 10.9 Å². The third kappa shape index (κ3) is 5.91. The largest absolute Gasteiger partial charge is 0.469 e. The molecule has 1 atom stereocenters. The van der Waals surface area contributed by atoms with Crippen molar-refractivity contribution >= 4 is 47.2 Å². The molecule has 2 rings (SSSR count). The van der Waals surface area contributed by atoms with Crippen LogP contribution in [-0.2, 0) is 9.53 Å². The van der Waals surface area contributed by atoms with E-state index in [-0.39, 0.29) is 35.9 Å². The number of rotatable bonds is 5. The van der Waals surface area contributed by atoms with Crippen molar-refractivity contribution in [3.63, 3.8) is 0 Å². The number of nitrogens with zero attached hydrogens (tertiary/aromatic N) is 2. The Balaban J connectivity index is 0.00000288. The standard InChI is InChI=1S/C17H27N3O2S.HI/c1-4-18-17(19-12-13(2)15-6-5-11-23-15)20-9-7-14(8-10-20)16(21)22-3;/h5-6,11,13-14H,4,7-10,12H2,1-3H3,(H,18,19);1H. The van der Waals surface area contributed by atoms with Gasteiger partial charge in [0.2, 0.25) is 0 Å².